The van der Waals surface area contributed by atoms with Crippen LogP contribution in [0.25, 0.3) is 0 Å². The van der Waals surface area contributed by atoms with Gasteiger partial charge in [-0.2, -0.15) is 5.26 Å². The van der Waals surface area contributed by atoms with E-state index in [1.165, 1.54) is 24.3 Å². The van der Waals surface area contributed by atoms with E-state index < -0.39 is 4.92 Å². The SMILES string of the molecule is N#Cc1ccc([N+](=O)[O-])cc1.O=Cc1cccc(Cl)c1. The molecule has 0 aromatic heterocycles. The van der Waals surface area contributed by atoms with Crippen molar-refractivity contribution in [1.29, 1.82) is 5.26 Å². The first-order valence-corrected chi connectivity index (χ1v) is 5.80. The van der Waals surface area contributed by atoms with Gasteiger partial charge in [-0.15, -0.1) is 0 Å². The first-order chi connectivity index (χ1) is 9.56. The predicted octanol–water partition coefficient (Wildman–Crippen LogP) is 3.62. The lowest BCUT2D eigenvalue weighted by atomic mass is 10.2. The molecule has 0 N–H and O–H groups in total. The molecule has 6 heteroatoms. The molecule has 0 aliphatic heterocycles. The second kappa shape index (κ2) is 7.67. The first-order valence-electron chi connectivity index (χ1n) is 5.42. The molecule has 0 amide bonds. The molecule has 0 atom stereocenters. The lowest BCUT2D eigenvalue weighted by Gasteiger charge is -1.88. The molecule has 2 rings (SSSR count). The van der Waals surface area contributed by atoms with Crippen LogP contribution in [-0.4, -0.2) is 11.2 Å². The Hall–Kier alpha value is -2.71. The van der Waals surface area contributed by atoms with Gasteiger partial charge in [-0.1, -0.05) is 23.7 Å². The number of nitro groups is 1. The third-order valence-electron chi connectivity index (χ3n) is 2.19. The molecule has 0 aliphatic rings. The van der Waals surface area contributed by atoms with Crippen LogP contribution in [0.2, 0.25) is 5.02 Å². The summed E-state index contributed by atoms with van der Waals surface area (Å²) in [4.78, 5) is 19.7. The Kier molecular flexibility index (Phi) is 5.88. The molecular weight excluding hydrogens is 280 g/mol. The zero-order chi connectivity index (χ0) is 15.0. The highest BCUT2D eigenvalue weighted by Gasteiger charge is 2.02. The van der Waals surface area contributed by atoms with Gasteiger partial charge in [0, 0.05) is 22.7 Å². The van der Waals surface area contributed by atoms with Crippen LogP contribution < -0.4 is 0 Å². The van der Waals surface area contributed by atoms with E-state index in [1.807, 2.05) is 6.07 Å². The van der Waals surface area contributed by atoms with Crippen molar-refractivity contribution in [1.82, 2.24) is 0 Å². The topological polar surface area (TPSA) is 84.0 Å². The number of rotatable bonds is 2. The highest BCUT2D eigenvalue weighted by Crippen LogP contribution is 2.10. The fourth-order valence-corrected chi connectivity index (χ4v) is 1.44. The van der Waals surface area contributed by atoms with Gasteiger partial charge in [0.2, 0.25) is 0 Å². The molecule has 0 aliphatic carbocycles. The minimum Gasteiger partial charge on any atom is -0.298 e. The van der Waals surface area contributed by atoms with Crippen molar-refractivity contribution >= 4 is 23.6 Å². The summed E-state index contributed by atoms with van der Waals surface area (Å²) < 4.78 is 0. The van der Waals surface area contributed by atoms with Crippen LogP contribution in [0.15, 0.2) is 48.5 Å². The monoisotopic (exact) mass is 288 g/mol. The molecule has 5 nitrogen and oxygen atoms in total. The summed E-state index contributed by atoms with van der Waals surface area (Å²) in [5, 5.41) is 19.1. The number of nitrogens with zero attached hydrogens (tertiary/aromatic N) is 2. The maximum absolute atomic E-state index is 10.1. The number of hydrogen-bond donors (Lipinski definition) is 0. The van der Waals surface area contributed by atoms with Gasteiger partial charge < -0.3 is 0 Å². The highest BCUT2D eigenvalue weighted by molar-refractivity contribution is 6.30. The van der Waals surface area contributed by atoms with Gasteiger partial charge in [0.15, 0.2) is 0 Å². The molecule has 0 unspecified atom stereocenters. The Morgan fingerprint density at radius 3 is 2.25 bits per heavy atom. The van der Waals surface area contributed by atoms with Gasteiger partial charge in [0.1, 0.15) is 6.29 Å². The average Bonchev–Trinajstić information content (AvgIpc) is 2.48. The predicted molar refractivity (Wildman–Crippen MR) is 74.7 cm³/mol. The van der Waals surface area contributed by atoms with Crippen molar-refractivity contribution in [3.8, 4) is 6.07 Å². The molecule has 0 radical (unpaired) electrons. The fraction of sp³-hybridized carbons (Fsp3) is 0. The zero-order valence-electron chi connectivity index (χ0n) is 10.2. The summed E-state index contributed by atoms with van der Waals surface area (Å²) in [6.07, 6.45) is 0.770. The van der Waals surface area contributed by atoms with Gasteiger partial charge in [-0.3, -0.25) is 14.9 Å². The summed E-state index contributed by atoms with van der Waals surface area (Å²) >= 11 is 5.56. The number of benzene rings is 2. The van der Waals surface area contributed by atoms with Crippen LogP contribution in [0.3, 0.4) is 0 Å². The normalized spacial score (nSPS) is 8.80. The van der Waals surface area contributed by atoms with E-state index in [0.29, 0.717) is 16.1 Å². The van der Waals surface area contributed by atoms with Gasteiger partial charge >= 0.3 is 0 Å². The quantitative estimate of drug-likeness (QED) is 0.480. The number of nitro benzene ring substituents is 1. The summed E-state index contributed by atoms with van der Waals surface area (Å²) in [6, 6.07) is 14.1. The van der Waals surface area contributed by atoms with Crippen LogP contribution in [0, 0.1) is 21.4 Å². The van der Waals surface area contributed by atoms with Crippen molar-refractivity contribution in [2.24, 2.45) is 0 Å². The Balaban J connectivity index is 0.000000204. The highest BCUT2D eigenvalue weighted by atomic mass is 35.5. The standard InChI is InChI=1S/C7H5ClO.C7H4N2O2/c8-7-3-1-2-6(4-7)5-9;8-5-6-1-3-7(4-2-6)9(10)11/h1-5H;1-4H. The third kappa shape index (κ3) is 4.88. The maximum atomic E-state index is 10.1. The van der Waals surface area contributed by atoms with Gasteiger partial charge in [0.05, 0.1) is 16.6 Å². The second-order valence-electron chi connectivity index (χ2n) is 3.59. The molecule has 0 spiro atoms. The van der Waals surface area contributed by atoms with E-state index >= 15 is 0 Å². The van der Waals surface area contributed by atoms with Crippen LogP contribution in [0.5, 0.6) is 0 Å². The van der Waals surface area contributed by atoms with E-state index in [-0.39, 0.29) is 5.69 Å². The number of carbonyl (C=O) groups excluding carboxylic acids is 1. The largest absolute Gasteiger partial charge is 0.298 e. The lowest BCUT2D eigenvalue weighted by molar-refractivity contribution is -0.384. The number of nitriles is 1. The molecule has 0 fully saturated rings. The molecule has 100 valence electrons. The Labute approximate surface area is 120 Å². The molecule has 2 aromatic rings. The maximum Gasteiger partial charge on any atom is 0.269 e. The number of halogens is 1. The van der Waals surface area contributed by atoms with Crippen molar-refractivity contribution < 1.29 is 9.72 Å². The van der Waals surface area contributed by atoms with E-state index in [4.69, 9.17) is 16.9 Å². The fourth-order valence-electron chi connectivity index (χ4n) is 1.24. The van der Waals surface area contributed by atoms with Crippen LogP contribution >= 0.6 is 11.6 Å². The minimum absolute atomic E-state index is 0.00370. The van der Waals surface area contributed by atoms with E-state index in [0.717, 1.165) is 6.29 Å². The van der Waals surface area contributed by atoms with E-state index in [9.17, 15) is 14.9 Å². The van der Waals surface area contributed by atoms with Crippen LogP contribution in [0.1, 0.15) is 15.9 Å². The minimum atomic E-state index is -0.499. The van der Waals surface area contributed by atoms with Crippen molar-refractivity contribution in [3.63, 3.8) is 0 Å². The van der Waals surface area contributed by atoms with Crippen LogP contribution in [-0.2, 0) is 0 Å². The molecule has 2 aromatic carbocycles. The smallest absolute Gasteiger partial charge is 0.269 e. The summed E-state index contributed by atoms with van der Waals surface area (Å²) in [5.41, 5.74) is 1.04. The molecule has 0 bridgehead atoms. The molecule has 20 heavy (non-hydrogen) atoms. The Bertz CT molecular complexity index is 648. The van der Waals surface area contributed by atoms with Crippen molar-refractivity contribution in [2.75, 3.05) is 0 Å². The van der Waals surface area contributed by atoms with Crippen LogP contribution in [0.4, 0.5) is 5.69 Å². The van der Waals surface area contributed by atoms with Gasteiger partial charge in [-0.25, -0.2) is 0 Å². The number of non-ortho nitro benzene ring substituents is 1. The first kappa shape index (κ1) is 15.3. The molecule has 0 saturated heterocycles. The lowest BCUT2D eigenvalue weighted by Crippen LogP contribution is -1.86. The summed E-state index contributed by atoms with van der Waals surface area (Å²) in [5.74, 6) is 0. The van der Waals surface area contributed by atoms with Crippen molar-refractivity contribution in [2.45, 2.75) is 0 Å². The second-order valence-corrected chi connectivity index (χ2v) is 4.03. The molecule has 0 heterocycles. The zero-order valence-corrected chi connectivity index (χ0v) is 10.9. The van der Waals surface area contributed by atoms with Gasteiger partial charge in [-0.05, 0) is 24.3 Å². The van der Waals surface area contributed by atoms with Gasteiger partial charge in [0.25, 0.3) is 5.69 Å². The Morgan fingerprint density at radius 2 is 1.85 bits per heavy atom. The third-order valence-corrected chi connectivity index (χ3v) is 2.43. The summed E-state index contributed by atoms with van der Waals surface area (Å²) in [6.45, 7) is 0. The number of aldehydes is 1. The van der Waals surface area contributed by atoms with E-state index in [2.05, 4.69) is 0 Å². The Morgan fingerprint density at radius 1 is 1.20 bits per heavy atom. The summed E-state index contributed by atoms with van der Waals surface area (Å²) in [7, 11) is 0. The number of hydrogen-bond acceptors (Lipinski definition) is 4. The van der Waals surface area contributed by atoms with Crippen molar-refractivity contribution in [3.05, 3.63) is 74.8 Å². The molecule has 0 saturated carbocycles. The number of carbonyl (C=O) groups is 1. The average molecular weight is 289 g/mol. The van der Waals surface area contributed by atoms with E-state index in [1.54, 1.807) is 24.3 Å². The molecular formula is C14H9ClN2O3.